The number of benzene rings is 2. The molecule has 1 heterocycles. The molecule has 6 nitrogen and oxygen atoms in total. The van der Waals surface area contributed by atoms with E-state index in [-0.39, 0.29) is 10.5 Å². The van der Waals surface area contributed by atoms with Gasteiger partial charge in [0, 0.05) is 16.3 Å². The van der Waals surface area contributed by atoms with Crippen LogP contribution in [0.3, 0.4) is 0 Å². The Bertz CT molecular complexity index is 1120. The van der Waals surface area contributed by atoms with Crippen molar-refractivity contribution in [3.63, 3.8) is 0 Å². The normalized spacial score (nSPS) is 15.7. The monoisotopic (exact) mass is 432 g/mol. The lowest BCUT2D eigenvalue weighted by atomic mass is 10.1. The average Bonchev–Trinajstić information content (AvgIpc) is 2.83. The van der Waals surface area contributed by atoms with Gasteiger partial charge in [0.1, 0.15) is 11.4 Å². The number of amides is 2. The number of hydrogen-bond donors (Lipinski definition) is 1. The first-order valence-electron chi connectivity index (χ1n) is 9.08. The molecule has 0 aliphatic carbocycles. The molecule has 152 valence electrons. The minimum absolute atomic E-state index is 0.0550. The highest BCUT2D eigenvalue weighted by atomic mass is 35.5. The van der Waals surface area contributed by atoms with Crippen molar-refractivity contribution in [1.29, 1.82) is 0 Å². The third kappa shape index (κ3) is 4.06. The van der Waals surface area contributed by atoms with Crippen LogP contribution in [0.5, 0.6) is 0 Å². The van der Waals surface area contributed by atoms with Crippen molar-refractivity contribution >= 4 is 44.0 Å². The Balaban J connectivity index is 1.84. The second-order valence-corrected chi connectivity index (χ2v) is 9.06. The van der Waals surface area contributed by atoms with Crippen LogP contribution in [0, 0.1) is 6.92 Å². The summed E-state index contributed by atoms with van der Waals surface area (Å²) in [5, 5.41) is 3.16. The third-order valence-electron chi connectivity index (χ3n) is 4.81. The number of halogens is 1. The maximum atomic E-state index is 13.0. The number of rotatable bonds is 5. The summed E-state index contributed by atoms with van der Waals surface area (Å²) in [5.41, 5.74) is 2.83. The van der Waals surface area contributed by atoms with Gasteiger partial charge in [-0.25, -0.2) is 12.7 Å². The summed E-state index contributed by atoms with van der Waals surface area (Å²) in [6, 6.07) is 11.9. The fourth-order valence-electron chi connectivity index (χ4n) is 3.20. The summed E-state index contributed by atoms with van der Waals surface area (Å²) in [7, 11) is -4.12. The van der Waals surface area contributed by atoms with Gasteiger partial charge >= 0.3 is 0 Å². The Morgan fingerprint density at radius 3 is 2.34 bits per heavy atom. The van der Waals surface area contributed by atoms with Gasteiger partial charge in [0.2, 0.25) is 5.91 Å². The first-order valence-corrected chi connectivity index (χ1v) is 10.9. The van der Waals surface area contributed by atoms with Gasteiger partial charge in [-0.3, -0.25) is 9.59 Å². The Kier molecular flexibility index (Phi) is 5.82. The van der Waals surface area contributed by atoms with Crippen LogP contribution in [0.4, 0.5) is 5.69 Å². The van der Waals surface area contributed by atoms with E-state index in [1.165, 1.54) is 6.92 Å². The Labute approximate surface area is 175 Å². The maximum Gasteiger partial charge on any atom is 0.268 e. The molecule has 1 aliphatic heterocycles. The molecule has 0 radical (unpaired) electrons. The molecule has 0 aromatic heterocycles. The zero-order chi connectivity index (χ0) is 21.3. The topological polar surface area (TPSA) is 83.6 Å². The molecule has 2 amide bonds. The largest absolute Gasteiger partial charge is 0.324 e. The van der Waals surface area contributed by atoms with Gasteiger partial charge in [0.05, 0.1) is 0 Å². The van der Waals surface area contributed by atoms with Crippen molar-refractivity contribution in [2.24, 2.45) is 0 Å². The number of anilines is 1. The Morgan fingerprint density at radius 2 is 1.76 bits per heavy atom. The first-order chi connectivity index (χ1) is 13.6. The van der Waals surface area contributed by atoms with Crippen molar-refractivity contribution in [2.75, 3.05) is 11.9 Å². The van der Waals surface area contributed by atoms with Gasteiger partial charge in [0.25, 0.3) is 15.9 Å². The van der Waals surface area contributed by atoms with Crippen LogP contribution < -0.4 is 5.32 Å². The van der Waals surface area contributed by atoms with Crippen molar-refractivity contribution in [2.45, 2.75) is 27.2 Å². The van der Waals surface area contributed by atoms with Gasteiger partial charge < -0.3 is 5.32 Å². The molecule has 0 unspecified atom stereocenters. The van der Waals surface area contributed by atoms with E-state index in [1.807, 2.05) is 19.1 Å². The van der Waals surface area contributed by atoms with Crippen molar-refractivity contribution in [1.82, 2.24) is 4.31 Å². The number of aryl methyl sites for hydroxylation is 2. The van der Waals surface area contributed by atoms with Gasteiger partial charge in [-0.2, -0.15) is 0 Å². The van der Waals surface area contributed by atoms with Crippen LogP contribution >= 0.6 is 11.6 Å². The smallest absolute Gasteiger partial charge is 0.268 e. The molecule has 8 heteroatoms. The summed E-state index contributed by atoms with van der Waals surface area (Å²) < 4.78 is 26.7. The van der Waals surface area contributed by atoms with Crippen molar-refractivity contribution < 1.29 is 18.0 Å². The number of nitrogens with one attached hydrogen (secondary N) is 1. The number of carbonyl (C=O) groups is 2. The molecule has 0 atom stereocenters. The predicted molar refractivity (Wildman–Crippen MR) is 114 cm³/mol. The Morgan fingerprint density at radius 1 is 1.10 bits per heavy atom. The predicted octanol–water partition coefficient (Wildman–Crippen LogP) is 3.75. The van der Waals surface area contributed by atoms with Crippen LogP contribution in [-0.4, -0.2) is 31.1 Å². The van der Waals surface area contributed by atoms with E-state index in [2.05, 4.69) is 5.32 Å². The molecule has 2 aromatic rings. The molecule has 0 saturated heterocycles. The summed E-state index contributed by atoms with van der Waals surface area (Å²) >= 11 is 5.91. The van der Waals surface area contributed by atoms with Crippen LogP contribution in [0.25, 0.3) is 4.91 Å². The van der Waals surface area contributed by atoms with Crippen LogP contribution in [-0.2, 0) is 26.0 Å². The van der Waals surface area contributed by atoms with Gasteiger partial charge in [0.15, 0.2) is 0 Å². The zero-order valence-corrected chi connectivity index (χ0v) is 17.9. The number of carbonyl (C=O) groups excluding carboxylic acids is 2. The van der Waals surface area contributed by atoms with E-state index >= 15 is 0 Å². The molecule has 3 rings (SSSR count). The van der Waals surface area contributed by atoms with E-state index in [4.69, 9.17) is 11.6 Å². The summed E-state index contributed by atoms with van der Waals surface area (Å²) in [6.07, 6.45) is 0.820. The highest BCUT2D eigenvalue weighted by Gasteiger charge is 2.43. The lowest BCUT2D eigenvalue weighted by molar-refractivity contribution is -0.126. The van der Waals surface area contributed by atoms with Gasteiger partial charge in [-0.05, 0) is 55.2 Å². The van der Waals surface area contributed by atoms with E-state index < -0.39 is 28.4 Å². The molecule has 2 aromatic carbocycles. The average molecular weight is 433 g/mol. The molecular weight excluding hydrogens is 412 g/mol. The van der Waals surface area contributed by atoms with Gasteiger partial charge in [-0.15, -0.1) is 0 Å². The van der Waals surface area contributed by atoms with Crippen LogP contribution in [0.15, 0.2) is 48.0 Å². The number of sulfonamides is 1. The van der Waals surface area contributed by atoms with Crippen LogP contribution in [0.2, 0.25) is 5.02 Å². The quantitative estimate of drug-likeness (QED) is 0.779. The fourth-order valence-corrected chi connectivity index (χ4v) is 5.20. The third-order valence-corrected chi connectivity index (χ3v) is 6.98. The maximum absolute atomic E-state index is 13.0. The second-order valence-electron chi connectivity index (χ2n) is 6.83. The minimum Gasteiger partial charge on any atom is -0.324 e. The van der Waals surface area contributed by atoms with E-state index in [0.717, 1.165) is 17.5 Å². The molecule has 0 spiro atoms. The number of nitrogens with zero attached hydrogens (tertiary/aromatic N) is 1. The molecule has 0 fully saturated rings. The van der Waals surface area contributed by atoms with Gasteiger partial charge in [-0.1, -0.05) is 42.8 Å². The first kappa shape index (κ1) is 21.1. The lowest BCUT2D eigenvalue weighted by Gasteiger charge is -2.17. The SMILES string of the molecule is CCc1ccc(C2=C(C)C(=O)N(CC(=O)Nc3ccc(Cl)cc3C)S2(=O)=O)cc1. The molecule has 1 aliphatic rings. The zero-order valence-electron chi connectivity index (χ0n) is 16.3. The minimum atomic E-state index is -4.12. The highest BCUT2D eigenvalue weighted by Crippen LogP contribution is 2.35. The van der Waals surface area contributed by atoms with Crippen LogP contribution in [0.1, 0.15) is 30.5 Å². The summed E-state index contributed by atoms with van der Waals surface area (Å²) in [5.74, 6) is -1.30. The van der Waals surface area contributed by atoms with E-state index in [0.29, 0.717) is 20.6 Å². The van der Waals surface area contributed by atoms with E-state index in [1.54, 1.807) is 37.3 Å². The van der Waals surface area contributed by atoms with E-state index in [9.17, 15) is 18.0 Å². The fraction of sp³-hybridized carbons (Fsp3) is 0.238. The second kappa shape index (κ2) is 8.00. The van der Waals surface area contributed by atoms with Crippen molar-refractivity contribution in [3.8, 4) is 0 Å². The highest BCUT2D eigenvalue weighted by molar-refractivity contribution is 7.99. The molecule has 0 bridgehead atoms. The molecular formula is C21H21ClN2O4S. The summed E-state index contributed by atoms with van der Waals surface area (Å²) in [6.45, 7) is 4.63. The molecule has 1 N–H and O–H groups in total. The molecule has 29 heavy (non-hydrogen) atoms. The van der Waals surface area contributed by atoms with Crippen molar-refractivity contribution in [3.05, 3.63) is 69.8 Å². The summed E-state index contributed by atoms with van der Waals surface area (Å²) in [4.78, 5) is 25.0. The lowest BCUT2D eigenvalue weighted by Crippen LogP contribution is -2.38. The Hall–Kier alpha value is -2.64. The number of hydrogen-bond acceptors (Lipinski definition) is 4. The standard InChI is InChI=1S/C21H21ClN2O4S/c1-4-15-5-7-16(8-6-15)20-14(3)21(26)24(29(20,27)28)12-19(25)23-18-10-9-17(22)11-13(18)2/h5-11H,4,12H2,1-3H3,(H,23,25). The molecule has 0 saturated carbocycles.